The third-order valence-electron chi connectivity index (χ3n) is 3.08. The zero-order chi connectivity index (χ0) is 17.9. The Labute approximate surface area is 139 Å². The molecule has 0 aromatic heterocycles. The highest BCUT2D eigenvalue weighted by Crippen LogP contribution is 2.10. The zero-order valence-corrected chi connectivity index (χ0v) is 13.3. The molecule has 0 aliphatic heterocycles. The molecule has 0 saturated carbocycles. The van der Waals surface area contributed by atoms with Gasteiger partial charge in [-0.3, -0.25) is 19.2 Å². The van der Waals surface area contributed by atoms with Crippen molar-refractivity contribution in [1.29, 1.82) is 0 Å². The van der Waals surface area contributed by atoms with Crippen LogP contribution in [0.1, 0.15) is 31.2 Å². The van der Waals surface area contributed by atoms with E-state index in [0.717, 1.165) is 5.56 Å². The van der Waals surface area contributed by atoms with Crippen molar-refractivity contribution >= 4 is 29.4 Å². The van der Waals surface area contributed by atoms with Crippen LogP contribution in [0.15, 0.2) is 24.3 Å². The number of hydrogen-bond donors (Lipinski definition) is 3. The first kappa shape index (κ1) is 19.1. The quantitative estimate of drug-likeness (QED) is 0.580. The fourth-order valence-corrected chi connectivity index (χ4v) is 1.76. The van der Waals surface area contributed by atoms with Crippen molar-refractivity contribution in [1.82, 2.24) is 5.32 Å². The summed E-state index contributed by atoms with van der Waals surface area (Å²) in [5.41, 5.74) is 1.39. The molecular weight excluding hydrogens is 316 g/mol. The Bertz CT molecular complexity index is 597. The summed E-state index contributed by atoms with van der Waals surface area (Å²) in [6.45, 7) is 0.273. The van der Waals surface area contributed by atoms with Gasteiger partial charge >= 0.3 is 11.9 Å². The summed E-state index contributed by atoms with van der Waals surface area (Å²) in [6, 6.07) is 6.81. The van der Waals surface area contributed by atoms with Gasteiger partial charge in [0.1, 0.15) is 0 Å². The van der Waals surface area contributed by atoms with Crippen LogP contribution in [-0.2, 0) is 30.5 Å². The van der Waals surface area contributed by atoms with Gasteiger partial charge in [0.05, 0.1) is 20.0 Å². The number of nitrogens with one attached hydrogen (secondary N) is 2. The van der Waals surface area contributed by atoms with E-state index in [0.29, 0.717) is 5.69 Å². The largest absolute Gasteiger partial charge is 0.481 e. The van der Waals surface area contributed by atoms with Gasteiger partial charge in [-0.2, -0.15) is 0 Å². The van der Waals surface area contributed by atoms with Crippen molar-refractivity contribution < 1.29 is 29.0 Å². The van der Waals surface area contributed by atoms with Gasteiger partial charge in [0.2, 0.25) is 11.8 Å². The monoisotopic (exact) mass is 336 g/mol. The van der Waals surface area contributed by atoms with E-state index in [4.69, 9.17) is 5.11 Å². The van der Waals surface area contributed by atoms with Crippen LogP contribution in [0.4, 0.5) is 5.69 Å². The minimum absolute atomic E-state index is 0.0167. The Morgan fingerprint density at radius 2 is 1.58 bits per heavy atom. The number of anilines is 1. The Morgan fingerprint density at radius 1 is 0.958 bits per heavy atom. The molecule has 0 fully saturated rings. The molecule has 8 heteroatoms. The lowest BCUT2D eigenvalue weighted by molar-refractivity contribution is -0.141. The molecule has 3 N–H and O–H groups in total. The molecule has 0 radical (unpaired) electrons. The standard InChI is InChI=1S/C16H20N2O6/c1-24-16(23)9-7-14(20)18-12-4-2-11(3-5-12)10-17-13(19)6-8-15(21)22/h2-5H,6-10H2,1H3,(H,17,19)(H,18,20)(H,21,22). The average Bonchev–Trinajstić information content (AvgIpc) is 2.57. The van der Waals surface area contributed by atoms with Crippen LogP contribution < -0.4 is 10.6 Å². The summed E-state index contributed by atoms with van der Waals surface area (Å²) >= 11 is 0. The van der Waals surface area contributed by atoms with Crippen molar-refractivity contribution in [3.05, 3.63) is 29.8 Å². The fourth-order valence-electron chi connectivity index (χ4n) is 1.76. The van der Waals surface area contributed by atoms with Crippen LogP contribution in [0.5, 0.6) is 0 Å². The SMILES string of the molecule is COC(=O)CCC(=O)Nc1ccc(CNC(=O)CCC(=O)O)cc1. The number of benzene rings is 1. The van der Waals surface area contributed by atoms with Crippen LogP contribution in [0.25, 0.3) is 0 Å². The lowest BCUT2D eigenvalue weighted by atomic mass is 10.2. The maximum absolute atomic E-state index is 11.6. The third-order valence-corrected chi connectivity index (χ3v) is 3.08. The molecule has 2 amide bonds. The summed E-state index contributed by atoms with van der Waals surface area (Å²) in [4.78, 5) is 44.4. The molecule has 0 heterocycles. The summed E-state index contributed by atoms with van der Waals surface area (Å²) in [5, 5.41) is 13.8. The molecule has 1 aromatic rings. The lowest BCUT2D eigenvalue weighted by Crippen LogP contribution is -2.23. The van der Waals surface area contributed by atoms with E-state index < -0.39 is 11.9 Å². The van der Waals surface area contributed by atoms with Gasteiger partial charge in [-0.25, -0.2) is 0 Å². The molecule has 8 nitrogen and oxygen atoms in total. The first-order valence-electron chi connectivity index (χ1n) is 7.35. The summed E-state index contributed by atoms with van der Waals surface area (Å²) < 4.78 is 4.46. The molecule has 1 aromatic carbocycles. The number of ether oxygens (including phenoxy) is 1. The second kappa shape index (κ2) is 9.98. The van der Waals surface area contributed by atoms with Gasteiger partial charge in [-0.05, 0) is 17.7 Å². The van der Waals surface area contributed by atoms with E-state index in [-0.39, 0.29) is 44.0 Å². The van der Waals surface area contributed by atoms with Crippen LogP contribution in [0.2, 0.25) is 0 Å². The second-order valence-electron chi connectivity index (χ2n) is 4.99. The number of methoxy groups -OCH3 is 1. The Balaban J connectivity index is 2.37. The van der Waals surface area contributed by atoms with Crippen molar-refractivity contribution in [2.75, 3.05) is 12.4 Å². The Morgan fingerprint density at radius 3 is 2.17 bits per heavy atom. The first-order valence-corrected chi connectivity index (χ1v) is 7.35. The van der Waals surface area contributed by atoms with Crippen LogP contribution in [-0.4, -0.2) is 36.0 Å². The van der Waals surface area contributed by atoms with Crippen molar-refractivity contribution in [3.63, 3.8) is 0 Å². The van der Waals surface area contributed by atoms with E-state index in [1.165, 1.54) is 7.11 Å². The molecule has 0 atom stereocenters. The summed E-state index contributed by atoms with van der Waals surface area (Å²) in [7, 11) is 1.26. The van der Waals surface area contributed by atoms with Crippen LogP contribution in [0, 0.1) is 0 Å². The lowest BCUT2D eigenvalue weighted by Gasteiger charge is -2.07. The number of carboxylic acid groups (broad SMARTS) is 1. The predicted molar refractivity (Wildman–Crippen MR) is 85.0 cm³/mol. The van der Waals surface area contributed by atoms with Gasteiger partial charge in [-0.1, -0.05) is 12.1 Å². The second-order valence-corrected chi connectivity index (χ2v) is 4.99. The van der Waals surface area contributed by atoms with E-state index in [1.807, 2.05) is 0 Å². The zero-order valence-electron chi connectivity index (χ0n) is 13.3. The highest BCUT2D eigenvalue weighted by Gasteiger charge is 2.08. The van der Waals surface area contributed by atoms with E-state index in [2.05, 4.69) is 15.4 Å². The molecule has 1 rings (SSSR count). The number of aliphatic carboxylic acids is 1. The molecule has 0 bridgehead atoms. The predicted octanol–water partition coefficient (Wildman–Crippen LogP) is 1.06. The minimum atomic E-state index is -1.02. The average molecular weight is 336 g/mol. The number of hydrogen-bond acceptors (Lipinski definition) is 5. The Kier molecular flexibility index (Phi) is 7.97. The number of esters is 1. The smallest absolute Gasteiger partial charge is 0.306 e. The topological polar surface area (TPSA) is 122 Å². The number of rotatable bonds is 9. The summed E-state index contributed by atoms with van der Waals surface area (Å²) in [5.74, 6) is -2.09. The molecular formula is C16H20N2O6. The molecule has 130 valence electrons. The maximum atomic E-state index is 11.6. The number of carbonyl (C=O) groups excluding carboxylic acids is 3. The summed E-state index contributed by atoms with van der Waals surface area (Å²) in [6.07, 6.45) is -0.219. The minimum Gasteiger partial charge on any atom is -0.481 e. The van der Waals surface area contributed by atoms with Gasteiger partial charge < -0.3 is 20.5 Å². The number of amides is 2. The number of carbonyl (C=O) groups is 4. The first-order chi connectivity index (χ1) is 11.4. The molecule has 0 aliphatic carbocycles. The van der Waals surface area contributed by atoms with E-state index >= 15 is 0 Å². The van der Waals surface area contributed by atoms with Gasteiger partial charge in [0.25, 0.3) is 0 Å². The van der Waals surface area contributed by atoms with E-state index in [9.17, 15) is 19.2 Å². The maximum Gasteiger partial charge on any atom is 0.306 e. The van der Waals surface area contributed by atoms with Crippen molar-refractivity contribution in [2.24, 2.45) is 0 Å². The normalized spacial score (nSPS) is 9.88. The molecule has 0 unspecified atom stereocenters. The number of carboxylic acids is 1. The fraction of sp³-hybridized carbons (Fsp3) is 0.375. The van der Waals surface area contributed by atoms with Crippen LogP contribution in [0.3, 0.4) is 0 Å². The highest BCUT2D eigenvalue weighted by molar-refractivity contribution is 5.92. The van der Waals surface area contributed by atoms with Gasteiger partial charge in [0, 0.05) is 25.1 Å². The molecule has 0 aliphatic rings. The van der Waals surface area contributed by atoms with Crippen molar-refractivity contribution in [3.8, 4) is 0 Å². The third kappa shape index (κ3) is 7.92. The molecule has 24 heavy (non-hydrogen) atoms. The van der Waals surface area contributed by atoms with Crippen molar-refractivity contribution in [2.45, 2.75) is 32.2 Å². The van der Waals surface area contributed by atoms with Crippen LogP contribution >= 0.6 is 0 Å². The van der Waals surface area contributed by atoms with Gasteiger partial charge in [-0.15, -0.1) is 0 Å². The molecule has 0 spiro atoms. The Hall–Kier alpha value is -2.90. The molecule has 0 saturated heterocycles. The highest BCUT2D eigenvalue weighted by atomic mass is 16.5. The van der Waals surface area contributed by atoms with E-state index in [1.54, 1.807) is 24.3 Å². The van der Waals surface area contributed by atoms with Gasteiger partial charge in [0.15, 0.2) is 0 Å².